The number of rotatable bonds is 7. The van der Waals surface area contributed by atoms with Crippen molar-refractivity contribution < 1.29 is 9.53 Å². The molecule has 1 aliphatic heterocycles. The molecule has 2 aromatic rings. The van der Waals surface area contributed by atoms with Crippen LogP contribution in [0.25, 0.3) is 0 Å². The van der Waals surface area contributed by atoms with E-state index in [1.54, 1.807) is 0 Å². The van der Waals surface area contributed by atoms with Gasteiger partial charge in [-0.15, -0.1) is 10.2 Å². The number of anilines is 1. The smallest absolute Gasteiger partial charge is 0.234 e. The highest BCUT2D eigenvalue weighted by Crippen LogP contribution is 2.40. The monoisotopic (exact) mass is 372 g/mol. The lowest BCUT2D eigenvalue weighted by atomic mass is 10.2. The molecule has 1 amide bonds. The number of ether oxygens (including phenoxy) is 1. The van der Waals surface area contributed by atoms with Gasteiger partial charge in [-0.1, -0.05) is 23.9 Å². The Kier molecular flexibility index (Phi) is 5.26. The van der Waals surface area contributed by atoms with E-state index >= 15 is 0 Å². The summed E-state index contributed by atoms with van der Waals surface area (Å²) < 4.78 is 7.97. The second kappa shape index (κ2) is 7.80. The number of nitrogens with one attached hydrogen (secondary N) is 1. The molecule has 1 N–H and O–H groups in total. The molecule has 7 heteroatoms. The third-order valence-corrected chi connectivity index (χ3v) is 5.70. The number of thioether (sulfide) groups is 1. The van der Waals surface area contributed by atoms with Crippen LogP contribution in [0.5, 0.6) is 0 Å². The van der Waals surface area contributed by atoms with Crippen molar-refractivity contribution in [2.75, 3.05) is 17.7 Å². The van der Waals surface area contributed by atoms with Gasteiger partial charge in [0.2, 0.25) is 5.91 Å². The fourth-order valence-corrected chi connectivity index (χ4v) is 4.02. The number of amides is 1. The highest BCUT2D eigenvalue weighted by atomic mass is 32.2. The molecule has 1 aliphatic carbocycles. The van der Waals surface area contributed by atoms with Gasteiger partial charge in [0.1, 0.15) is 5.82 Å². The van der Waals surface area contributed by atoms with E-state index in [1.165, 1.54) is 24.6 Å². The van der Waals surface area contributed by atoms with Gasteiger partial charge >= 0.3 is 0 Å². The summed E-state index contributed by atoms with van der Waals surface area (Å²) in [6.07, 6.45) is 4.81. The molecule has 26 heavy (non-hydrogen) atoms. The Hall–Kier alpha value is -1.86. The molecule has 2 heterocycles. The van der Waals surface area contributed by atoms with Gasteiger partial charge in [-0.2, -0.15) is 0 Å². The molecule has 6 nitrogen and oxygen atoms in total. The normalized spacial score (nSPS) is 19.7. The quantitative estimate of drug-likeness (QED) is 0.755. The molecule has 0 radical (unpaired) electrons. The summed E-state index contributed by atoms with van der Waals surface area (Å²) in [4.78, 5) is 12.3. The maximum Gasteiger partial charge on any atom is 0.234 e. The molecule has 0 bridgehead atoms. The fourth-order valence-electron chi connectivity index (χ4n) is 3.26. The van der Waals surface area contributed by atoms with Crippen LogP contribution in [0.2, 0.25) is 0 Å². The summed E-state index contributed by atoms with van der Waals surface area (Å²) in [7, 11) is 0. The van der Waals surface area contributed by atoms with Crippen LogP contribution >= 0.6 is 11.8 Å². The first-order chi connectivity index (χ1) is 12.7. The second-order valence-corrected chi connectivity index (χ2v) is 8.01. The molecule has 1 aromatic carbocycles. The van der Waals surface area contributed by atoms with E-state index in [4.69, 9.17) is 4.74 Å². The van der Waals surface area contributed by atoms with Crippen LogP contribution in [0.15, 0.2) is 29.4 Å². The zero-order valence-corrected chi connectivity index (χ0v) is 15.8. The molecule has 0 unspecified atom stereocenters. The summed E-state index contributed by atoms with van der Waals surface area (Å²) in [6, 6.07) is 7.82. The molecule has 138 valence electrons. The lowest BCUT2D eigenvalue weighted by molar-refractivity contribution is -0.113. The number of aryl methyl sites for hydroxylation is 1. The maximum absolute atomic E-state index is 12.3. The first-order valence-electron chi connectivity index (χ1n) is 9.23. The number of hydrogen-bond donors (Lipinski definition) is 1. The van der Waals surface area contributed by atoms with Gasteiger partial charge in [0.05, 0.1) is 18.4 Å². The van der Waals surface area contributed by atoms with Crippen molar-refractivity contribution in [2.24, 2.45) is 0 Å². The molecule has 1 saturated carbocycles. The standard InChI is InChI=1S/C19H24N4O2S/c1-13-4-2-5-15(10-13)20-17(24)12-26-19-22-21-18(14-7-8-14)23(19)11-16-6-3-9-25-16/h2,4-5,10,14,16H,3,6-9,11-12H2,1H3,(H,20,24)/t16-/m1/s1. The van der Waals surface area contributed by atoms with E-state index in [9.17, 15) is 4.79 Å². The number of carbonyl (C=O) groups excluding carboxylic acids is 1. The van der Waals surface area contributed by atoms with Crippen molar-refractivity contribution in [1.29, 1.82) is 0 Å². The van der Waals surface area contributed by atoms with Crippen molar-refractivity contribution in [3.63, 3.8) is 0 Å². The molecular weight excluding hydrogens is 348 g/mol. The van der Waals surface area contributed by atoms with E-state index in [1.807, 2.05) is 31.2 Å². The number of carbonyl (C=O) groups is 1. The SMILES string of the molecule is Cc1cccc(NC(=O)CSc2nnc(C3CC3)n2C[C@H]2CCCO2)c1. The van der Waals surface area contributed by atoms with Crippen LogP contribution in [0, 0.1) is 6.92 Å². The highest BCUT2D eigenvalue weighted by molar-refractivity contribution is 7.99. The van der Waals surface area contributed by atoms with Gasteiger partial charge < -0.3 is 14.6 Å². The predicted molar refractivity (Wildman–Crippen MR) is 102 cm³/mol. The summed E-state index contributed by atoms with van der Waals surface area (Å²) in [5.41, 5.74) is 1.95. The largest absolute Gasteiger partial charge is 0.376 e. The molecule has 1 aromatic heterocycles. The van der Waals surface area contributed by atoms with E-state index in [2.05, 4.69) is 20.1 Å². The third kappa shape index (κ3) is 4.27. The van der Waals surface area contributed by atoms with Crippen molar-refractivity contribution in [1.82, 2.24) is 14.8 Å². The van der Waals surface area contributed by atoms with Gasteiger partial charge in [0, 0.05) is 18.2 Å². The van der Waals surface area contributed by atoms with E-state index in [0.717, 1.165) is 48.2 Å². The fraction of sp³-hybridized carbons (Fsp3) is 0.526. The lowest BCUT2D eigenvalue weighted by Gasteiger charge is -2.14. The van der Waals surface area contributed by atoms with E-state index in [0.29, 0.717) is 11.7 Å². The number of benzene rings is 1. The Morgan fingerprint density at radius 2 is 2.23 bits per heavy atom. The van der Waals surface area contributed by atoms with Crippen LogP contribution in [0.4, 0.5) is 5.69 Å². The van der Waals surface area contributed by atoms with Crippen LogP contribution in [-0.2, 0) is 16.1 Å². The van der Waals surface area contributed by atoms with Gasteiger partial charge in [-0.05, 0) is 50.3 Å². The van der Waals surface area contributed by atoms with Crippen molar-refractivity contribution in [2.45, 2.75) is 56.3 Å². The van der Waals surface area contributed by atoms with Gasteiger partial charge in [-0.25, -0.2) is 0 Å². The van der Waals surface area contributed by atoms with E-state index < -0.39 is 0 Å². The average molecular weight is 372 g/mol. The van der Waals surface area contributed by atoms with Crippen molar-refractivity contribution in [3.8, 4) is 0 Å². The van der Waals surface area contributed by atoms with Crippen molar-refractivity contribution >= 4 is 23.4 Å². The molecular formula is C19H24N4O2S. The minimum Gasteiger partial charge on any atom is -0.376 e. The van der Waals surface area contributed by atoms with Crippen LogP contribution < -0.4 is 5.32 Å². The van der Waals surface area contributed by atoms with Gasteiger partial charge in [0.25, 0.3) is 0 Å². The molecule has 1 saturated heterocycles. The minimum atomic E-state index is -0.0276. The van der Waals surface area contributed by atoms with Crippen LogP contribution in [0.3, 0.4) is 0 Å². The van der Waals surface area contributed by atoms with Crippen molar-refractivity contribution in [3.05, 3.63) is 35.7 Å². The molecule has 2 aliphatic rings. The topological polar surface area (TPSA) is 69.0 Å². The zero-order valence-electron chi connectivity index (χ0n) is 15.0. The summed E-state index contributed by atoms with van der Waals surface area (Å²) in [5.74, 6) is 1.88. The molecule has 2 fully saturated rings. The second-order valence-electron chi connectivity index (χ2n) is 7.07. The Morgan fingerprint density at radius 3 is 2.96 bits per heavy atom. The Balaban J connectivity index is 1.40. The number of aromatic nitrogens is 3. The lowest BCUT2D eigenvalue weighted by Crippen LogP contribution is -2.19. The first-order valence-corrected chi connectivity index (χ1v) is 10.2. The van der Waals surface area contributed by atoms with Crippen LogP contribution in [0.1, 0.15) is 43.0 Å². The molecule has 0 spiro atoms. The Bertz CT molecular complexity index is 782. The minimum absolute atomic E-state index is 0.0276. The predicted octanol–water partition coefficient (Wildman–Crippen LogP) is 3.37. The van der Waals surface area contributed by atoms with Gasteiger partial charge in [-0.3, -0.25) is 4.79 Å². The highest BCUT2D eigenvalue weighted by Gasteiger charge is 2.31. The summed E-state index contributed by atoms with van der Waals surface area (Å²) in [5, 5.41) is 12.5. The third-order valence-electron chi connectivity index (χ3n) is 4.73. The summed E-state index contributed by atoms with van der Waals surface area (Å²) in [6.45, 7) is 3.64. The maximum atomic E-state index is 12.3. The summed E-state index contributed by atoms with van der Waals surface area (Å²) >= 11 is 1.45. The van der Waals surface area contributed by atoms with Crippen LogP contribution in [-0.4, -0.2) is 39.1 Å². The number of nitrogens with zero attached hydrogens (tertiary/aromatic N) is 3. The molecule has 1 atom stereocenters. The number of hydrogen-bond acceptors (Lipinski definition) is 5. The zero-order chi connectivity index (χ0) is 17.9. The first kappa shape index (κ1) is 17.5. The molecule has 4 rings (SSSR count). The Labute approximate surface area is 157 Å². The van der Waals surface area contributed by atoms with Gasteiger partial charge in [0.15, 0.2) is 5.16 Å². The van der Waals surface area contributed by atoms with E-state index in [-0.39, 0.29) is 12.0 Å². The Morgan fingerprint density at radius 1 is 1.35 bits per heavy atom. The average Bonchev–Trinajstić information content (AvgIpc) is 3.18.